The first kappa shape index (κ1) is 22.0. The summed E-state index contributed by atoms with van der Waals surface area (Å²) in [5.41, 5.74) is 0.876. The number of aromatic nitrogens is 2. The summed E-state index contributed by atoms with van der Waals surface area (Å²) in [4.78, 5) is 27.0. The van der Waals surface area contributed by atoms with Gasteiger partial charge in [-0.3, -0.25) is 14.9 Å². The highest BCUT2D eigenvalue weighted by molar-refractivity contribution is 7.18. The van der Waals surface area contributed by atoms with E-state index in [1.54, 1.807) is 36.3 Å². The Morgan fingerprint density at radius 1 is 1.12 bits per heavy atom. The van der Waals surface area contributed by atoms with Crippen molar-refractivity contribution in [1.82, 2.24) is 15.1 Å². The topological polar surface area (TPSA) is 93.7 Å². The minimum Gasteiger partial charge on any atom is -0.497 e. The number of anilines is 1. The molecule has 1 fully saturated rings. The third-order valence-electron chi connectivity index (χ3n) is 5.04. The molecule has 2 aromatic carbocycles. The molecule has 0 radical (unpaired) electrons. The van der Waals surface area contributed by atoms with Crippen LogP contribution in [0.4, 0.5) is 5.13 Å². The standard InChI is InChI=1S/C22H21ClN4O4S/c1-30-16-8-4-14(5-9-16)21-25-26-22(32-21)24-20(29)18-3-2-12-27(18)19(28)13-31-17-10-6-15(23)7-11-17/h4-11,18H,2-3,12-13H2,1H3,(H,24,26,29). The second kappa shape index (κ2) is 9.97. The van der Waals surface area contributed by atoms with Crippen molar-refractivity contribution in [3.05, 3.63) is 53.6 Å². The van der Waals surface area contributed by atoms with Crippen LogP contribution in [-0.4, -0.2) is 53.2 Å². The highest BCUT2D eigenvalue weighted by atomic mass is 35.5. The molecule has 10 heteroatoms. The zero-order valence-electron chi connectivity index (χ0n) is 17.3. The molecular weight excluding hydrogens is 452 g/mol. The smallest absolute Gasteiger partial charge is 0.261 e. The van der Waals surface area contributed by atoms with Gasteiger partial charge in [-0.15, -0.1) is 10.2 Å². The predicted octanol–water partition coefficient (Wildman–Crippen LogP) is 3.88. The van der Waals surface area contributed by atoms with Gasteiger partial charge in [0.2, 0.25) is 11.0 Å². The number of nitrogens with zero attached hydrogens (tertiary/aromatic N) is 3. The third-order valence-corrected chi connectivity index (χ3v) is 6.18. The van der Waals surface area contributed by atoms with Crippen molar-refractivity contribution < 1.29 is 19.1 Å². The second-order valence-electron chi connectivity index (χ2n) is 7.12. The number of ether oxygens (including phenoxy) is 2. The molecule has 1 aromatic heterocycles. The van der Waals surface area contributed by atoms with Crippen LogP contribution < -0.4 is 14.8 Å². The number of hydrogen-bond acceptors (Lipinski definition) is 7. The van der Waals surface area contributed by atoms with E-state index < -0.39 is 6.04 Å². The summed E-state index contributed by atoms with van der Waals surface area (Å²) in [6.45, 7) is 0.361. The summed E-state index contributed by atoms with van der Waals surface area (Å²) in [6.07, 6.45) is 1.33. The van der Waals surface area contributed by atoms with Crippen molar-refractivity contribution in [2.45, 2.75) is 18.9 Å². The monoisotopic (exact) mass is 472 g/mol. The zero-order valence-corrected chi connectivity index (χ0v) is 18.9. The molecular formula is C22H21ClN4O4S. The molecule has 0 bridgehead atoms. The Balaban J connectivity index is 1.35. The maximum Gasteiger partial charge on any atom is 0.261 e. The highest BCUT2D eigenvalue weighted by Crippen LogP contribution is 2.28. The van der Waals surface area contributed by atoms with Crippen LogP contribution in [0.15, 0.2) is 48.5 Å². The quantitative estimate of drug-likeness (QED) is 0.561. The minimum atomic E-state index is -0.565. The zero-order chi connectivity index (χ0) is 22.5. The number of carbonyl (C=O) groups excluding carboxylic acids is 2. The number of amides is 2. The molecule has 1 aliphatic heterocycles. The van der Waals surface area contributed by atoms with Crippen molar-refractivity contribution in [2.24, 2.45) is 0 Å². The normalized spacial score (nSPS) is 15.4. The lowest BCUT2D eigenvalue weighted by atomic mass is 10.2. The number of methoxy groups -OCH3 is 1. The molecule has 2 amide bonds. The van der Waals surface area contributed by atoms with Gasteiger partial charge in [-0.1, -0.05) is 22.9 Å². The van der Waals surface area contributed by atoms with Gasteiger partial charge in [-0.05, 0) is 61.4 Å². The van der Waals surface area contributed by atoms with Gasteiger partial charge >= 0.3 is 0 Å². The van der Waals surface area contributed by atoms with Gasteiger partial charge in [-0.2, -0.15) is 0 Å². The molecule has 0 aliphatic carbocycles. The van der Waals surface area contributed by atoms with E-state index in [0.29, 0.717) is 33.9 Å². The van der Waals surface area contributed by atoms with E-state index in [2.05, 4.69) is 15.5 Å². The van der Waals surface area contributed by atoms with E-state index >= 15 is 0 Å². The van der Waals surface area contributed by atoms with E-state index in [1.165, 1.54) is 11.3 Å². The van der Waals surface area contributed by atoms with Crippen LogP contribution >= 0.6 is 22.9 Å². The van der Waals surface area contributed by atoms with E-state index in [1.807, 2.05) is 24.3 Å². The molecule has 8 nitrogen and oxygen atoms in total. The first-order valence-corrected chi connectivity index (χ1v) is 11.2. The number of benzene rings is 2. The summed E-state index contributed by atoms with van der Waals surface area (Å²) >= 11 is 7.13. The lowest BCUT2D eigenvalue weighted by molar-refractivity contribution is -0.138. The van der Waals surface area contributed by atoms with Gasteiger partial charge in [0.05, 0.1) is 7.11 Å². The first-order chi connectivity index (χ1) is 15.5. The molecule has 0 saturated carbocycles. The number of nitrogens with one attached hydrogen (secondary N) is 1. The van der Waals surface area contributed by atoms with Crippen molar-refractivity contribution in [3.63, 3.8) is 0 Å². The van der Waals surface area contributed by atoms with Crippen LogP contribution in [0.2, 0.25) is 5.02 Å². The molecule has 32 heavy (non-hydrogen) atoms. The molecule has 1 N–H and O–H groups in total. The maximum absolute atomic E-state index is 12.8. The fraction of sp³-hybridized carbons (Fsp3) is 0.273. The number of halogens is 1. The summed E-state index contributed by atoms with van der Waals surface area (Å²) in [5.74, 6) is 0.772. The van der Waals surface area contributed by atoms with Gasteiger partial charge in [0.1, 0.15) is 22.5 Å². The Kier molecular flexibility index (Phi) is 6.87. The average molecular weight is 473 g/mol. The van der Waals surface area contributed by atoms with Gasteiger partial charge in [-0.25, -0.2) is 0 Å². The lowest BCUT2D eigenvalue weighted by Gasteiger charge is -2.23. The van der Waals surface area contributed by atoms with Crippen molar-refractivity contribution >= 4 is 39.9 Å². The molecule has 2 heterocycles. The van der Waals surface area contributed by atoms with E-state index in [4.69, 9.17) is 21.1 Å². The van der Waals surface area contributed by atoms with E-state index in [0.717, 1.165) is 17.7 Å². The number of carbonyl (C=O) groups is 2. The molecule has 166 valence electrons. The van der Waals surface area contributed by atoms with Crippen molar-refractivity contribution in [2.75, 3.05) is 25.6 Å². The fourth-order valence-electron chi connectivity index (χ4n) is 3.41. The molecule has 1 aliphatic rings. The van der Waals surface area contributed by atoms with Crippen LogP contribution in [0.1, 0.15) is 12.8 Å². The molecule has 1 unspecified atom stereocenters. The van der Waals surface area contributed by atoms with Crippen LogP contribution in [0.3, 0.4) is 0 Å². The van der Waals surface area contributed by atoms with Crippen LogP contribution in [0.5, 0.6) is 11.5 Å². The van der Waals surface area contributed by atoms with Crippen molar-refractivity contribution in [1.29, 1.82) is 0 Å². The van der Waals surface area contributed by atoms with Crippen LogP contribution in [0, 0.1) is 0 Å². The SMILES string of the molecule is COc1ccc(-c2nnc(NC(=O)C3CCCN3C(=O)COc3ccc(Cl)cc3)s2)cc1. The Morgan fingerprint density at radius 3 is 2.56 bits per heavy atom. The predicted molar refractivity (Wildman–Crippen MR) is 122 cm³/mol. The van der Waals surface area contributed by atoms with Crippen molar-refractivity contribution in [3.8, 4) is 22.1 Å². The Morgan fingerprint density at radius 2 is 1.84 bits per heavy atom. The van der Waals surface area contributed by atoms with E-state index in [9.17, 15) is 9.59 Å². The minimum absolute atomic E-state index is 0.147. The largest absolute Gasteiger partial charge is 0.497 e. The second-order valence-corrected chi connectivity index (χ2v) is 8.53. The maximum atomic E-state index is 12.8. The van der Waals surface area contributed by atoms with Gasteiger partial charge in [0.15, 0.2) is 6.61 Å². The Labute approximate surface area is 194 Å². The lowest BCUT2D eigenvalue weighted by Crippen LogP contribution is -2.45. The van der Waals surface area contributed by atoms with Crippen LogP contribution in [-0.2, 0) is 9.59 Å². The highest BCUT2D eigenvalue weighted by Gasteiger charge is 2.34. The van der Waals surface area contributed by atoms with Gasteiger partial charge in [0.25, 0.3) is 5.91 Å². The summed E-state index contributed by atoms with van der Waals surface area (Å²) in [7, 11) is 1.61. The number of hydrogen-bond donors (Lipinski definition) is 1. The molecule has 3 aromatic rings. The third kappa shape index (κ3) is 5.17. The summed E-state index contributed by atoms with van der Waals surface area (Å²) < 4.78 is 10.7. The number of likely N-dealkylation sites (tertiary alicyclic amines) is 1. The fourth-order valence-corrected chi connectivity index (χ4v) is 4.29. The van der Waals surface area contributed by atoms with Crippen LogP contribution in [0.25, 0.3) is 10.6 Å². The molecule has 1 saturated heterocycles. The first-order valence-electron chi connectivity index (χ1n) is 10.00. The molecule has 1 atom stereocenters. The average Bonchev–Trinajstić information content (AvgIpc) is 3.48. The summed E-state index contributed by atoms with van der Waals surface area (Å²) in [5, 5.41) is 12.7. The summed E-state index contributed by atoms with van der Waals surface area (Å²) in [6, 6.07) is 13.6. The van der Waals surface area contributed by atoms with E-state index in [-0.39, 0.29) is 18.4 Å². The number of rotatable bonds is 7. The molecule has 4 rings (SSSR count). The molecule has 0 spiro atoms. The van der Waals surface area contributed by atoms with Gasteiger partial charge < -0.3 is 14.4 Å². The Hall–Kier alpha value is -3.17. The van der Waals surface area contributed by atoms with Gasteiger partial charge in [0, 0.05) is 17.1 Å². The Bertz CT molecular complexity index is 1090.